The normalized spacial score (nSPS) is 12.8. The molecule has 9 nitrogen and oxygen atoms in total. The first kappa shape index (κ1) is 15.6. The third-order valence-corrected chi connectivity index (χ3v) is 2.77. The molecule has 1 atom stereocenters. The van der Waals surface area contributed by atoms with Gasteiger partial charge in [0.2, 0.25) is 5.91 Å². The van der Waals surface area contributed by atoms with E-state index in [-0.39, 0.29) is 12.1 Å². The summed E-state index contributed by atoms with van der Waals surface area (Å²) in [5.41, 5.74) is -1.38. The Kier molecular flexibility index (Phi) is 4.43. The van der Waals surface area contributed by atoms with E-state index in [9.17, 15) is 19.7 Å². The van der Waals surface area contributed by atoms with Gasteiger partial charge in [0, 0.05) is 6.04 Å². The average molecular weight is 284 g/mol. The molecule has 9 heteroatoms. The Morgan fingerprint density at radius 1 is 1.60 bits per heavy atom. The Balaban J connectivity index is 2.83. The van der Waals surface area contributed by atoms with Gasteiger partial charge in [0.05, 0.1) is 11.3 Å². The van der Waals surface area contributed by atoms with Gasteiger partial charge in [0.25, 0.3) is 0 Å². The van der Waals surface area contributed by atoms with Crippen LogP contribution < -0.4 is 5.32 Å². The van der Waals surface area contributed by atoms with Gasteiger partial charge in [-0.15, -0.1) is 0 Å². The maximum Gasteiger partial charge on any atom is 0.307 e. The highest BCUT2D eigenvalue weighted by atomic mass is 16.6. The highest BCUT2D eigenvalue weighted by Crippen LogP contribution is 2.18. The van der Waals surface area contributed by atoms with Crippen LogP contribution in [0.2, 0.25) is 0 Å². The number of carboxylic acids is 1. The first-order chi connectivity index (χ1) is 9.14. The summed E-state index contributed by atoms with van der Waals surface area (Å²) in [5.74, 6) is -1.49. The maximum atomic E-state index is 12.1. The molecule has 1 aromatic rings. The largest absolute Gasteiger partial charge is 0.481 e. The molecule has 0 aliphatic carbocycles. The number of hydrogen-bond acceptors (Lipinski definition) is 5. The fourth-order valence-corrected chi connectivity index (χ4v) is 1.53. The van der Waals surface area contributed by atoms with Crippen LogP contribution >= 0.6 is 0 Å². The van der Waals surface area contributed by atoms with Gasteiger partial charge < -0.3 is 10.4 Å². The number of carbonyl (C=O) groups excluding carboxylic acids is 1. The van der Waals surface area contributed by atoms with Crippen LogP contribution in [-0.2, 0) is 15.1 Å². The van der Waals surface area contributed by atoms with E-state index in [1.54, 1.807) is 6.92 Å². The molecule has 1 rings (SSSR count). The number of rotatable bonds is 6. The maximum absolute atomic E-state index is 12.1. The molecular weight excluding hydrogens is 268 g/mol. The third-order valence-electron chi connectivity index (χ3n) is 2.77. The Morgan fingerprint density at radius 3 is 2.65 bits per heavy atom. The van der Waals surface area contributed by atoms with Crippen molar-refractivity contribution in [3.05, 3.63) is 22.5 Å². The van der Waals surface area contributed by atoms with E-state index in [0.29, 0.717) is 0 Å². The third kappa shape index (κ3) is 3.53. The standard InChI is InChI=1S/C11H16N4O5/c1-7(4-9(16)17)13-10(18)11(2,3)14-6-8(5-12-14)15(19)20/h5-7H,4H2,1-3H3,(H,13,18)(H,16,17). The zero-order chi connectivity index (χ0) is 15.5. The van der Waals surface area contributed by atoms with E-state index >= 15 is 0 Å². The van der Waals surface area contributed by atoms with E-state index in [1.165, 1.54) is 18.5 Å². The first-order valence-corrected chi connectivity index (χ1v) is 5.87. The fourth-order valence-electron chi connectivity index (χ4n) is 1.53. The number of nitrogens with zero attached hydrogens (tertiary/aromatic N) is 3. The number of carboxylic acid groups (broad SMARTS) is 1. The van der Waals surface area contributed by atoms with Crippen LogP contribution in [0.5, 0.6) is 0 Å². The number of nitrogens with one attached hydrogen (secondary N) is 1. The molecule has 0 aliphatic heterocycles. The lowest BCUT2D eigenvalue weighted by atomic mass is 10.0. The molecule has 1 amide bonds. The van der Waals surface area contributed by atoms with Crippen molar-refractivity contribution in [2.75, 3.05) is 0 Å². The second-order valence-corrected chi connectivity index (χ2v) is 4.93. The van der Waals surface area contributed by atoms with E-state index in [1.807, 2.05) is 0 Å². The second-order valence-electron chi connectivity index (χ2n) is 4.93. The number of aliphatic carboxylic acids is 1. The van der Waals surface area contributed by atoms with Gasteiger partial charge in [0.1, 0.15) is 17.9 Å². The van der Waals surface area contributed by atoms with Crippen molar-refractivity contribution in [3.63, 3.8) is 0 Å². The number of nitro groups is 1. The summed E-state index contributed by atoms with van der Waals surface area (Å²) in [6.07, 6.45) is 2.00. The lowest BCUT2D eigenvalue weighted by Gasteiger charge is -2.25. The summed E-state index contributed by atoms with van der Waals surface area (Å²) in [7, 11) is 0. The van der Waals surface area contributed by atoms with Crippen molar-refractivity contribution in [1.82, 2.24) is 15.1 Å². The molecule has 110 valence electrons. The summed E-state index contributed by atoms with van der Waals surface area (Å²) in [5, 5.41) is 25.6. The molecule has 0 radical (unpaired) electrons. The van der Waals surface area contributed by atoms with Gasteiger partial charge in [-0.3, -0.25) is 24.4 Å². The molecule has 1 unspecified atom stereocenters. The minimum Gasteiger partial charge on any atom is -0.481 e. The SMILES string of the molecule is CC(CC(=O)O)NC(=O)C(C)(C)n1cc([N+](=O)[O-])cn1. The molecule has 2 N–H and O–H groups in total. The van der Waals surface area contributed by atoms with Crippen molar-refractivity contribution < 1.29 is 19.6 Å². The van der Waals surface area contributed by atoms with E-state index in [2.05, 4.69) is 10.4 Å². The minimum atomic E-state index is -1.17. The summed E-state index contributed by atoms with van der Waals surface area (Å²) in [4.78, 5) is 32.6. The summed E-state index contributed by atoms with van der Waals surface area (Å²) >= 11 is 0. The highest BCUT2D eigenvalue weighted by Gasteiger charge is 2.32. The molecule has 0 saturated carbocycles. The van der Waals surface area contributed by atoms with Crippen molar-refractivity contribution in [1.29, 1.82) is 0 Å². The zero-order valence-electron chi connectivity index (χ0n) is 11.4. The molecular formula is C11H16N4O5. The summed E-state index contributed by atoms with van der Waals surface area (Å²) in [6.45, 7) is 4.63. The zero-order valence-corrected chi connectivity index (χ0v) is 11.4. The Labute approximate surface area is 114 Å². The van der Waals surface area contributed by atoms with E-state index < -0.39 is 28.4 Å². The monoisotopic (exact) mass is 284 g/mol. The smallest absolute Gasteiger partial charge is 0.307 e. The van der Waals surface area contributed by atoms with Gasteiger partial charge in [-0.1, -0.05) is 0 Å². The number of aromatic nitrogens is 2. The molecule has 0 bridgehead atoms. The van der Waals surface area contributed by atoms with Crippen LogP contribution in [0.15, 0.2) is 12.4 Å². The van der Waals surface area contributed by atoms with Crippen molar-refractivity contribution in [2.45, 2.75) is 38.8 Å². The molecule has 1 aromatic heterocycles. The van der Waals surface area contributed by atoms with E-state index in [4.69, 9.17) is 5.11 Å². The molecule has 0 aliphatic rings. The molecule has 0 spiro atoms. The predicted molar refractivity (Wildman–Crippen MR) is 68.1 cm³/mol. The van der Waals surface area contributed by atoms with E-state index in [0.717, 1.165) is 12.4 Å². The molecule has 20 heavy (non-hydrogen) atoms. The van der Waals surface area contributed by atoms with Gasteiger partial charge in [-0.25, -0.2) is 0 Å². The lowest BCUT2D eigenvalue weighted by Crippen LogP contribution is -2.48. The van der Waals surface area contributed by atoms with Crippen molar-refractivity contribution in [2.24, 2.45) is 0 Å². The Bertz CT molecular complexity index is 537. The number of hydrogen-bond donors (Lipinski definition) is 2. The fraction of sp³-hybridized carbons (Fsp3) is 0.545. The van der Waals surface area contributed by atoms with Gasteiger partial charge in [-0.05, 0) is 20.8 Å². The number of carbonyl (C=O) groups is 2. The van der Waals surface area contributed by atoms with Gasteiger partial charge in [-0.2, -0.15) is 5.10 Å². The molecule has 0 aromatic carbocycles. The van der Waals surface area contributed by atoms with Crippen LogP contribution in [0.4, 0.5) is 5.69 Å². The Hall–Kier alpha value is -2.45. The predicted octanol–water partition coefficient (Wildman–Crippen LogP) is 0.506. The second kappa shape index (κ2) is 5.68. The van der Waals surface area contributed by atoms with Crippen molar-refractivity contribution >= 4 is 17.6 Å². The van der Waals surface area contributed by atoms with Crippen LogP contribution in [0.3, 0.4) is 0 Å². The Morgan fingerprint density at radius 2 is 2.20 bits per heavy atom. The minimum absolute atomic E-state index is 0.207. The van der Waals surface area contributed by atoms with Crippen LogP contribution in [-0.4, -0.2) is 37.7 Å². The highest BCUT2D eigenvalue weighted by molar-refractivity contribution is 5.84. The topological polar surface area (TPSA) is 127 Å². The molecule has 0 fully saturated rings. The lowest BCUT2D eigenvalue weighted by molar-refractivity contribution is -0.385. The first-order valence-electron chi connectivity index (χ1n) is 5.87. The number of amides is 1. The van der Waals surface area contributed by atoms with Gasteiger partial charge >= 0.3 is 11.7 Å². The summed E-state index contributed by atoms with van der Waals surface area (Å²) in [6, 6.07) is -0.551. The van der Waals surface area contributed by atoms with Crippen LogP contribution in [0.25, 0.3) is 0 Å². The quantitative estimate of drug-likeness (QED) is 0.578. The molecule has 1 heterocycles. The molecule has 0 saturated heterocycles. The average Bonchev–Trinajstić information content (AvgIpc) is 2.77. The van der Waals surface area contributed by atoms with Crippen LogP contribution in [0, 0.1) is 10.1 Å². The van der Waals surface area contributed by atoms with Crippen LogP contribution in [0.1, 0.15) is 27.2 Å². The van der Waals surface area contributed by atoms with Gasteiger partial charge in [0.15, 0.2) is 0 Å². The van der Waals surface area contributed by atoms with Crippen molar-refractivity contribution in [3.8, 4) is 0 Å². The summed E-state index contributed by atoms with van der Waals surface area (Å²) < 4.78 is 1.17.